The molecule has 10 heteroatoms. The Hall–Kier alpha value is -3.53. The zero-order chi connectivity index (χ0) is 34.7. The minimum atomic E-state index is -3.16. The van der Waals surface area contributed by atoms with Crippen molar-refractivity contribution in [3.63, 3.8) is 0 Å². The number of fused-ring (bicyclic) bond motifs is 4. The van der Waals surface area contributed by atoms with E-state index >= 15 is 0 Å². The van der Waals surface area contributed by atoms with Gasteiger partial charge in [0.05, 0.1) is 33.9 Å². The van der Waals surface area contributed by atoms with Gasteiger partial charge in [0.25, 0.3) is 5.91 Å². The van der Waals surface area contributed by atoms with Crippen molar-refractivity contribution in [2.45, 2.75) is 69.3 Å². The predicted octanol–water partition coefficient (Wildman–Crippen LogP) is 7.41. The Kier molecular flexibility index (Phi) is 10.5. The van der Waals surface area contributed by atoms with Gasteiger partial charge in [-0.3, -0.25) is 14.6 Å². The Morgan fingerprint density at radius 2 is 2.04 bits per heavy atom. The molecule has 1 fully saturated rings. The van der Waals surface area contributed by atoms with E-state index in [1.165, 1.54) is 11.1 Å². The zero-order valence-corrected chi connectivity index (χ0v) is 30.3. The van der Waals surface area contributed by atoms with Crippen LogP contribution >= 0.6 is 11.6 Å². The largest absolute Gasteiger partial charge is 0.490 e. The fourth-order valence-electron chi connectivity index (χ4n) is 8.33. The summed E-state index contributed by atoms with van der Waals surface area (Å²) in [4.78, 5) is 33.8. The number of hydrogen-bond acceptors (Lipinski definition) is 7. The molecule has 8 nitrogen and oxygen atoms in total. The highest BCUT2D eigenvalue weighted by Gasteiger charge is 2.44. The minimum absolute atomic E-state index is 0.0222. The third kappa shape index (κ3) is 7.55. The number of aromatic nitrogens is 1. The van der Waals surface area contributed by atoms with E-state index in [1.807, 2.05) is 36.4 Å². The molecule has 1 saturated carbocycles. The molecule has 2 aromatic carbocycles. The van der Waals surface area contributed by atoms with Crippen molar-refractivity contribution >= 4 is 38.7 Å². The third-order valence-corrected chi connectivity index (χ3v) is 13.5. The van der Waals surface area contributed by atoms with Gasteiger partial charge in [0.2, 0.25) is 0 Å². The van der Waals surface area contributed by atoms with E-state index in [0.29, 0.717) is 43.3 Å². The first-order chi connectivity index (χ1) is 24.2. The van der Waals surface area contributed by atoms with Gasteiger partial charge in [-0.25, -0.2) is 4.21 Å². The number of hydrogen-bond donors (Lipinski definition) is 0. The van der Waals surface area contributed by atoms with Gasteiger partial charge >= 0.3 is 0 Å². The topological polar surface area (TPSA) is 98.2 Å². The number of allylic oxidation sites excluding steroid dienone is 1. The second-order valence-corrected chi connectivity index (χ2v) is 17.3. The average Bonchev–Trinajstić information content (AvgIpc) is 3.25. The Morgan fingerprint density at radius 3 is 2.84 bits per heavy atom. The van der Waals surface area contributed by atoms with Crippen molar-refractivity contribution in [1.29, 1.82) is 0 Å². The number of benzene rings is 2. The number of carbonyl (C=O) groups excluding carboxylic acids is 2. The fourth-order valence-corrected chi connectivity index (χ4v) is 10.5. The van der Waals surface area contributed by atoms with Crippen LogP contribution in [-0.4, -0.2) is 65.3 Å². The lowest BCUT2D eigenvalue weighted by Gasteiger charge is -2.46. The van der Waals surface area contributed by atoms with Gasteiger partial charge in [-0.2, -0.15) is 4.36 Å². The van der Waals surface area contributed by atoms with Crippen molar-refractivity contribution < 1.29 is 23.3 Å². The Balaban J connectivity index is 1.24. The normalized spacial score (nSPS) is 28.6. The molecule has 7 rings (SSSR count). The van der Waals surface area contributed by atoms with E-state index in [4.69, 9.17) is 21.1 Å². The summed E-state index contributed by atoms with van der Waals surface area (Å²) in [6, 6.07) is 17.3. The SMILES string of the molecule is CO[C@H]1/C=C/CCC[S@@](=O)(CC(=O)CCc2ccccn2)=NC(=O)c2ccc3c(c2)N(C[C@@H]2CC[C@H]21)C[C@@]1(CCCc2cc(Cl)ccc21)CO3. The highest BCUT2D eigenvalue weighted by atomic mass is 35.5. The van der Waals surface area contributed by atoms with Crippen LogP contribution in [0.15, 0.2) is 77.3 Å². The maximum Gasteiger partial charge on any atom is 0.285 e. The maximum atomic E-state index is 14.3. The third-order valence-electron chi connectivity index (χ3n) is 11.1. The molecule has 1 spiro atoms. The summed E-state index contributed by atoms with van der Waals surface area (Å²) in [5.74, 6) is 0.666. The van der Waals surface area contributed by atoms with Gasteiger partial charge in [0.1, 0.15) is 11.5 Å². The second kappa shape index (κ2) is 15.0. The lowest BCUT2D eigenvalue weighted by molar-refractivity contribution is -0.116. The molecule has 0 N–H and O–H groups in total. The van der Waals surface area contributed by atoms with E-state index in [-0.39, 0.29) is 35.2 Å². The summed E-state index contributed by atoms with van der Waals surface area (Å²) in [6.07, 6.45) is 13.0. The predicted molar refractivity (Wildman–Crippen MR) is 198 cm³/mol. The number of methoxy groups -OCH3 is 1. The summed E-state index contributed by atoms with van der Waals surface area (Å²) >= 11 is 6.45. The lowest BCUT2D eigenvalue weighted by atomic mass is 9.68. The molecule has 2 bridgehead atoms. The van der Waals surface area contributed by atoms with E-state index in [0.717, 1.165) is 67.3 Å². The number of anilines is 1. The molecule has 2 aliphatic carbocycles. The molecule has 2 aliphatic heterocycles. The molecule has 50 heavy (non-hydrogen) atoms. The molecule has 3 heterocycles. The molecule has 0 saturated heterocycles. The summed E-state index contributed by atoms with van der Waals surface area (Å²) in [7, 11) is -1.39. The van der Waals surface area contributed by atoms with Gasteiger partial charge in [0, 0.05) is 60.3 Å². The molecule has 0 unspecified atom stereocenters. The summed E-state index contributed by atoms with van der Waals surface area (Å²) in [6.45, 7) is 2.06. The lowest BCUT2D eigenvalue weighted by Crippen LogP contribution is -2.49. The summed E-state index contributed by atoms with van der Waals surface area (Å²) in [5.41, 5.74) is 4.32. The van der Waals surface area contributed by atoms with E-state index in [2.05, 4.69) is 38.5 Å². The number of carbonyl (C=O) groups is 2. The maximum absolute atomic E-state index is 14.3. The number of Topliss-reactive ketones (excluding diaryl/α,β-unsaturated/α-hetero) is 1. The number of rotatable bonds is 6. The van der Waals surface area contributed by atoms with Crippen LogP contribution in [0.1, 0.15) is 72.1 Å². The Bertz CT molecular complexity index is 1890. The summed E-state index contributed by atoms with van der Waals surface area (Å²) < 4.78 is 31.4. The Labute approximate surface area is 300 Å². The van der Waals surface area contributed by atoms with Crippen LogP contribution in [0.5, 0.6) is 5.75 Å². The average molecular weight is 716 g/mol. The van der Waals surface area contributed by atoms with E-state index in [1.54, 1.807) is 19.4 Å². The molecule has 264 valence electrons. The minimum Gasteiger partial charge on any atom is -0.490 e. The first kappa shape index (κ1) is 34.9. The first-order valence-electron chi connectivity index (χ1n) is 17.9. The van der Waals surface area contributed by atoms with Crippen molar-refractivity contribution in [3.05, 3.63) is 100 Å². The van der Waals surface area contributed by atoms with Crippen molar-refractivity contribution in [1.82, 2.24) is 4.98 Å². The molecule has 1 amide bonds. The van der Waals surface area contributed by atoms with Crippen LogP contribution < -0.4 is 9.64 Å². The quantitative estimate of drug-likeness (QED) is 0.245. The van der Waals surface area contributed by atoms with Crippen molar-refractivity contribution in [3.8, 4) is 5.75 Å². The highest BCUT2D eigenvalue weighted by molar-refractivity contribution is 7.94. The second-order valence-electron chi connectivity index (χ2n) is 14.4. The van der Waals surface area contributed by atoms with Gasteiger partial charge in [-0.15, -0.1) is 0 Å². The van der Waals surface area contributed by atoms with Crippen LogP contribution in [0, 0.1) is 11.8 Å². The molecule has 3 aromatic rings. The molecular formula is C40H46ClN3O5S. The van der Waals surface area contributed by atoms with Gasteiger partial charge < -0.3 is 14.4 Å². The molecular weight excluding hydrogens is 670 g/mol. The number of ketones is 1. The van der Waals surface area contributed by atoms with Crippen LogP contribution in [0.4, 0.5) is 5.69 Å². The number of aryl methyl sites for hydroxylation is 2. The van der Waals surface area contributed by atoms with E-state index < -0.39 is 15.6 Å². The number of ether oxygens (including phenoxy) is 2. The molecule has 1 aromatic heterocycles. The van der Waals surface area contributed by atoms with Crippen molar-refractivity contribution in [2.75, 3.05) is 43.2 Å². The van der Waals surface area contributed by atoms with Gasteiger partial charge in [-0.1, -0.05) is 35.9 Å². The first-order valence-corrected chi connectivity index (χ1v) is 20.2. The van der Waals surface area contributed by atoms with Crippen molar-refractivity contribution in [2.24, 2.45) is 16.2 Å². The monoisotopic (exact) mass is 715 g/mol. The number of amides is 1. The smallest absolute Gasteiger partial charge is 0.285 e. The molecule has 5 atom stereocenters. The number of pyridine rings is 1. The number of halogens is 1. The van der Waals surface area contributed by atoms with E-state index in [9.17, 15) is 13.8 Å². The van der Waals surface area contributed by atoms with Gasteiger partial charge in [0.15, 0.2) is 0 Å². The van der Waals surface area contributed by atoms with Crippen LogP contribution in [0.2, 0.25) is 5.02 Å². The molecule has 0 radical (unpaired) electrons. The van der Waals surface area contributed by atoms with Crippen LogP contribution in [0.3, 0.4) is 0 Å². The molecule has 4 aliphatic rings. The fraction of sp³-hybridized carbons (Fsp3) is 0.475. The van der Waals surface area contributed by atoms with Gasteiger partial charge in [-0.05, 0) is 117 Å². The zero-order valence-electron chi connectivity index (χ0n) is 28.7. The van der Waals surface area contributed by atoms with Crippen LogP contribution in [0.25, 0.3) is 0 Å². The standard InChI is InChI=1S/C40H46ClN3O5S/c1-48-37-10-3-2-6-21-50(47,25-33(45)15-14-32-9-4-5-20-42-32)43-39(46)29-12-18-38-36(23-29)44(24-30-11-16-34(30)37)26-40(27-49-38)19-7-8-28-22-31(41)13-17-35(28)40/h3-5,9-10,12-13,17-18,20,22-23,30,34,37H,2,6-8,11,14-16,19,21,24-27H2,1H3/b10-3+/t30-,34+,37-,40-,50+/m0/s1. The highest BCUT2D eigenvalue weighted by Crippen LogP contribution is 2.47. The summed E-state index contributed by atoms with van der Waals surface area (Å²) in [5, 5.41) is 0.748. The van der Waals surface area contributed by atoms with Crippen LogP contribution in [-0.2, 0) is 37.5 Å². The Morgan fingerprint density at radius 1 is 1.14 bits per heavy atom. The number of nitrogens with zero attached hydrogens (tertiary/aromatic N) is 3.